The van der Waals surface area contributed by atoms with E-state index in [1.165, 1.54) is 12.3 Å². The number of rotatable bonds is 2. The van der Waals surface area contributed by atoms with Gasteiger partial charge in [0.25, 0.3) is 0 Å². The Balaban J connectivity index is 3.07. The van der Waals surface area contributed by atoms with Crippen molar-refractivity contribution in [3.8, 4) is 0 Å². The fraction of sp³-hybridized carbons (Fsp3) is 0. The van der Waals surface area contributed by atoms with E-state index in [9.17, 15) is 4.79 Å². The average molecular weight is 244 g/mol. The van der Waals surface area contributed by atoms with Crippen LogP contribution in [0.5, 0.6) is 0 Å². The van der Waals surface area contributed by atoms with Gasteiger partial charge in [0.15, 0.2) is 5.71 Å². The first-order valence-electron chi connectivity index (χ1n) is 3.28. The molecule has 0 bridgehead atoms. The minimum atomic E-state index is -1.20. The van der Waals surface area contributed by atoms with Crippen molar-refractivity contribution in [2.45, 2.75) is 0 Å². The molecule has 0 saturated carbocycles. The van der Waals surface area contributed by atoms with Crippen LogP contribution in [-0.2, 0) is 4.79 Å². The Morgan fingerprint density at radius 2 is 2.31 bits per heavy atom. The Morgan fingerprint density at radius 1 is 1.62 bits per heavy atom. The SMILES string of the molecule is NN=C(C(=O)O)c1ccc(Br)cn1. The number of carboxylic acid groups (broad SMARTS) is 1. The number of nitrogens with zero attached hydrogens (tertiary/aromatic N) is 2. The van der Waals surface area contributed by atoms with Crippen molar-refractivity contribution in [3.63, 3.8) is 0 Å². The maximum absolute atomic E-state index is 10.6. The van der Waals surface area contributed by atoms with Crippen molar-refractivity contribution >= 4 is 27.6 Å². The second-order valence-electron chi connectivity index (χ2n) is 2.14. The number of aliphatic carboxylic acids is 1. The van der Waals surface area contributed by atoms with Crippen LogP contribution < -0.4 is 5.84 Å². The molecular weight excluding hydrogens is 238 g/mol. The van der Waals surface area contributed by atoms with E-state index in [2.05, 4.69) is 26.0 Å². The molecule has 0 amide bonds. The average Bonchev–Trinajstić information content (AvgIpc) is 2.09. The van der Waals surface area contributed by atoms with Crippen LogP contribution in [0.1, 0.15) is 5.69 Å². The third kappa shape index (κ3) is 2.25. The van der Waals surface area contributed by atoms with Crippen LogP contribution in [0.4, 0.5) is 0 Å². The number of halogens is 1. The largest absolute Gasteiger partial charge is 0.476 e. The second-order valence-corrected chi connectivity index (χ2v) is 3.06. The molecule has 1 aromatic rings. The van der Waals surface area contributed by atoms with Crippen molar-refractivity contribution in [1.29, 1.82) is 0 Å². The molecule has 13 heavy (non-hydrogen) atoms. The lowest BCUT2D eigenvalue weighted by Gasteiger charge is -1.98. The van der Waals surface area contributed by atoms with E-state index in [0.29, 0.717) is 0 Å². The zero-order valence-corrected chi connectivity index (χ0v) is 8.02. The summed E-state index contributed by atoms with van der Waals surface area (Å²) in [6, 6.07) is 3.18. The third-order valence-electron chi connectivity index (χ3n) is 1.30. The van der Waals surface area contributed by atoms with E-state index < -0.39 is 5.97 Å². The molecule has 1 rings (SSSR count). The minimum Gasteiger partial charge on any atom is -0.476 e. The molecule has 3 N–H and O–H groups in total. The Morgan fingerprint density at radius 3 is 2.69 bits per heavy atom. The van der Waals surface area contributed by atoms with Crippen molar-refractivity contribution < 1.29 is 9.90 Å². The van der Waals surface area contributed by atoms with Crippen LogP contribution in [0.2, 0.25) is 0 Å². The Hall–Kier alpha value is -1.43. The minimum absolute atomic E-state index is 0.234. The highest BCUT2D eigenvalue weighted by molar-refractivity contribution is 9.10. The highest BCUT2D eigenvalue weighted by Crippen LogP contribution is 2.07. The van der Waals surface area contributed by atoms with Gasteiger partial charge in [-0.05, 0) is 28.1 Å². The number of pyridine rings is 1. The van der Waals surface area contributed by atoms with Crippen LogP contribution in [0.25, 0.3) is 0 Å². The highest BCUT2D eigenvalue weighted by Gasteiger charge is 2.12. The number of carbonyl (C=O) groups is 1. The van der Waals surface area contributed by atoms with Crippen LogP contribution in [-0.4, -0.2) is 21.8 Å². The van der Waals surface area contributed by atoms with Crippen LogP contribution in [0.15, 0.2) is 27.9 Å². The van der Waals surface area contributed by atoms with Crippen molar-refractivity contribution in [1.82, 2.24) is 4.98 Å². The summed E-state index contributed by atoms with van der Waals surface area (Å²) in [5, 5.41) is 11.8. The molecule has 0 aliphatic heterocycles. The summed E-state index contributed by atoms with van der Waals surface area (Å²) in [6.07, 6.45) is 1.48. The van der Waals surface area contributed by atoms with Crippen LogP contribution >= 0.6 is 15.9 Å². The Labute approximate surface area is 82.4 Å². The maximum atomic E-state index is 10.6. The van der Waals surface area contributed by atoms with Crippen LogP contribution in [0, 0.1) is 0 Å². The quantitative estimate of drug-likeness (QED) is 0.452. The molecule has 0 fully saturated rings. The van der Waals surface area contributed by atoms with E-state index in [1.807, 2.05) is 0 Å². The fourth-order valence-electron chi connectivity index (χ4n) is 0.747. The molecule has 0 unspecified atom stereocenters. The van der Waals surface area contributed by atoms with Gasteiger partial charge < -0.3 is 10.9 Å². The van der Waals surface area contributed by atoms with Crippen molar-refractivity contribution in [2.24, 2.45) is 10.9 Å². The number of nitrogens with two attached hydrogens (primary N) is 1. The van der Waals surface area contributed by atoms with E-state index in [-0.39, 0.29) is 11.4 Å². The molecule has 0 spiro atoms. The Bertz CT molecular complexity index is 347. The number of aromatic nitrogens is 1. The molecule has 0 radical (unpaired) electrons. The van der Waals surface area contributed by atoms with E-state index in [4.69, 9.17) is 10.9 Å². The molecule has 0 aliphatic rings. The smallest absolute Gasteiger partial charge is 0.358 e. The van der Waals surface area contributed by atoms with Gasteiger partial charge in [0, 0.05) is 10.7 Å². The molecule has 5 nitrogen and oxygen atoms in total. The van der Waals surface area contributed by atoms with E-state index in [1.54, 1.807) is 6.07 Å². The Kier molecular flexibility index (Phi) is 2.97. The normalized spacial score (nSPS) is 11.3. The number of hydrazone groups is 1. The van der Waals surface area contributed by atoms with Crippen LogP contribution in [0.3, 0.4) is 0 Å². The third-order valence-corrected chi connectivity index (χ3v) is 1.77. The standard InChI is InChI=1S/C7H6BrN3O2/c8-4-1-2-5(10-3-4)6(11-9)7(12)13/h1-3H,9H2,(H,12,13). The molecule has 0 aliphatic carbocycles. The molecule has 1 aromatic heterocycles. The first-order chi connectivity index (χ1) is 6.15. The summed E-state index contributed by atoms with van der Waals surface area (Å²) in [5.74, 6) is 3.70. The van der Waals surface area contributed by atoms with Crippen molar-refractivity contribution in [2.75, 3.05) is 0 Å². The van der Waals surface area contributed by atoms with Crippen molar-refractivity contribution in [3.05, 3.63) is 28.5 Å². The zero-order valence-electron chi connectivity index (χ0n) is 6.44. The van der Waals surface area contributed by atoms with Gasteiger partial charge in [-0.25, -0.2) is 4.79 Å². The summed E-state index contributed by atoms with van der Waals surface area (Å²) >= 11 is 3.17. The highest BCUT2D eigenvalue weighted by atomic mass is 79.9. The lowest BCUT2D eigenvalue weighted by molar-refractivity contribution is -0.129. The molecule has 0 aromatic carbocycles. The van der Waals surface area contributed by atoms with Gasteiger partial charge in [0.1, 0.15) is 0 Å². The predicted molar refractivity (Wildman–Crippen MR) is 50.3 cm³/mol. The second kappa shape index (κ2) is 3.99. The summed E-state index contributed by atoms with van der Waals surface area (Å²) in [6.45, 7) is 0. The lowest BCUT2D eigenvalue weighted by Crippen LogP contribution is -2.17. The van der Waals surface area contributed by atoms with Gasteiger partial charge in [-0.2, -0.15) is 5.10 Å². The topological polar surface area (TPSA) is 88.6 Å². The zero-order chi connectivity index (χ0) is 9.84. The maximum Gasteiger partial charge on any atom is 0.358 e. The first kappa shape index (κ1) is 9.66. The molecular formula is C7H6BrN3O2. The first-order valence-corrected chi connectivity index (χ1v) is 4.07. The van der Waals surface area contributed by atoms with Gasteiger partial charge in [-0.15, -0.1) is 0 Å². The fourth-order valence-corrected chi connectivity index (χ4v) is 0.981. The number of carboxylic acids is 1. The van der Waals surface area contributed by atoms with Gasteiger partial charge >= 0.3 is 5.97 Å². The summed E-state index contributed by atoms with van der Waals surface area (Å²) in [5.41, 5.74) is -0.0225. The molecule has 0 atom stereocenters. The summed E-state index contributed by atoms with van der Waals surface area (Å²) < 4.78 is 0.762. The van der Waals surface area contributed by atoms with Gasteiger partial charge in [0.05, 0.1) is 5.69 Å². The molecule has 6 heteroatoms. The van der Waals surface area contributed by atoms with Gasteiger partial charge in [-0.3, -0.25) is 4.98 Å². The van der Waals surface area contributed by atoms with E-state index in [0.717, 1.165) is 4.47 Å². The lowest BCUT2D eigenvalue weighted by atomic mass is 10.2. The van der Waals surface area contributed by atoms with E-state index >= 15 is 0 Å². The van der Waals surface area contributed by atoms with Gasteiger partial charge in [0.2, 0.25) is 0 Å². The van der Waals surface area contributed by atoms with Gasteiger partial charge in [-0.1, -0.05) is 0 Å². The summed E-state index contributed by atoms with van der Waals surface area (Å²) in [7, 11) is 0. The number of hydrogen-bond acceptors (Lipinski definition) is 4. The molecule has 68 valence electrons. The predicted octanol–water partition coefficient (Wildman–Crippen LogP) is 0.591. The number of hydrogen-bond donors (Lipinski definition) is 2. The monoisotopic (exact) mass is 243 g/mol. The summed E-state index contributed by atoms with van der Waals surface area (Å²) in [4.78, 5) is 14.4. The molecule has 0 saturated heterocycles. The molecule has 1 heterocycles.